The monoisotopic (exact) mass is 601 g/mol. The Kier molecular flexibility index (Phi) is 8.60. The Labute approximate surface area is 244 Å². The van der Waals surface area contributed by atoms with Gasteiger partial charge in [0.1, 0.15) is 10.9 Å². The topological polar surface area (TPSA) is 101 Å². The van der Waals surface area contributed by atoms with Crippen molar-refractivity contribution in [3.63, 3.8) is 0 Å². The summed E-state index contributed by atoms with van der Waals surface area (Å²) < 4.78 is 48.9. The molecule has 9 nitrogen and oxygen atoms in total. The van der Waals surface area contributed by atoms with Crippen LogP contribution in [-0.2, 0) is 22.1 Å². The van der Waals surface area contributed by atoms with E-state index < -0.39 is 34.5 Å². The van der Waals surface area contributed by atoms with E-state index in [-0.39, 0.29) is 12.3 Å². The van der Waals surface area contributed by atoms with Gasteiger partial charge in [-0.2, -0.15) is 17.5 Å². The highest BCUT2D eigenvalue weighted by Crippen LogP contribution is 2.47. The number of benzene rings is 2. The molecule has 42 heavy (non-hydrogen) atoms. The number of esters is 1. The predicted octanol–water partition coefficient (Wildman–Crippen LogP) is 5.85. The fraction of sp³-hybridized carbons (Fsp3) is 0.414. The zero-order valence-corrected chi connectivity index (χ0v) is 24.0. The summed E-state index contributed by atoms with van der Waals surface area (Å²) in [4.78, 5) is 33.3. The quantitative estimate of drug-likeness (QED) is 0.181. The Morgan fingerprint density at radius 3 is 2.50 bits per heavy atom. The van der Waals surface area contributed by atoms with Gasteiger partial charge in [0.2, 0.25) is 0 Å². The number of ether oxygens (including phenoxy) is 1. The van der Waals surface area contributed by atoms with Gasteiger partial charge >= 0.3 is 12.1 Å². The Hall–Kier alpha value is -3.84. The lowest BCUT2D eigenvalue weighted by molar-refractivity contribution is -0.384. The number of non-ortho nitro benzene ring substituents is 1. The van der Waals surface area contributed by atoms with Crippen molar-refractivity contribution in [2.75, 3.05) is 44.2 Å². The number of anilines is 1. The third kappa shape index (κ3) is 6.16. The Morgan fingerprint density at radius 1 is 1.14 bits per heavy atom. The highest BCUT2D eigenvalue weighted by Gasteiger charge is 2.41. The Morgan fingerprint density at radius 2 is 1.86 bits per heavy atom. The van der Waals surface area contributed by atoms with Gasteiger partial charge in [-0.25, -0.2) is 4.99 Å². The first kappa shape index (κ1) is 29.6. The molecule has 2 aromatic carbocycles. The van der Waals surface area contributed by atoms with E-state index in [1.54, 1.807) is 26.0 Å². The summed E-state index contributed by atoms with van der Waals surface area (Å²) in [5.74, 6) is -1.69. The number of nitro benzene ring substituents is 1. The number of alkyl halides is 3. The predicted molar refractivity (Wildman–Crippen MR) is 154 cm³/mol. The number of nitro groups is 1. The van der Waals surface area contributed by atoms with Crippen molar-refractivity contribution in [1.29, 1.82) is 0 Å². The van der Waals surface area contributed by atoms with Gasteiger partial charge in [-0.15, -0.1) is 0 Å². The number of aromatic nitrogens is 1. The third-order valence-corrected chi connectivity index (χ3v) is 8.53. The molecule has 2 atom stereocenters. The van der Waals surface area contributed by atoms with Crippen LogP contribution in [0.4, 0.5) is 29.5 Å². The molecule has 13 heteroatoms. The molecule has 0 spiro atoms. The molecule has 3 aromatic rings. The molecule has 2 aliphatic rings. The minimum Gasteiger partial charge on any atom is -0.465 e. The number of carbonyl (C=O) groups excluding carboxylic acids is 1. The van der Waals surface area contributed by atoms with Gasteiger partial charge in [0, 0.05) is 74.2 Å². The number of carbonyl (C=O) groups is 1. The minimum atomic E-state index is -4.36. The second-order valence-corrected chi connectivity index (χ2v) is 11.0. The van der Waals surface area contributed by atoms with Crippen LogP contribution in [0.15, 0.2) is 53.5 Å². The highest BCUT2D eigenvalue weighted by molar-refractivity contribution is 7.10. The molecule has 0 amide bonds. The molecule has 5 rings (SSSR count). The molecule has 2 aliphatic heterocycles. The second kappa shape index (κ2) is 12.2. The fourth-order valence-corrected chi connectivity index (χ4v) is 6.53. The summed E-state index contributed by atoms with van der Waals surface area (Å²) in [5.41, 5.74) is 2.83. The van der Waals surface area contributed by atoms with Crippen molar-refractivity contribution in [1.82, 2.24) is 9.27 Å². The second-order valence-electron chi connectivity index (χ2n) is 10.3. The molecule has 0 saturated carbocycles. The molecule has 222 valence electrons. The summed E-state index contributed by atoms with van der Waals surface area (Å²) >= 11 is 1.25. The molecule has 0 aliphatic carbocycles. The summed E-state index contributed by atoms with van der Waals surface area (Å²) in [6.07, 6.45) is -3.78. The van der Waals surface area contributed by atoms with Crippen LogP contribution in [0.1, 0.15) is 42.1 Å². The molecule has 0 bridgehead atoms. The molecular weight excluding hydrogens is 571 g/mol. The molecule has 3 heterocycles. The van der Waals surface area contributed by atoms with Crippen molar-refractivity contribution < 1.29 is 27.6 Å². The van der Waals surface area contributed by atoms with Gasteiger partial charge in [0.25, 0.3) is 5.69 Å². The molecular formula is C29H30F3N5O4S. The van der Waals surface area contributed by atoms with Crippen LogP contribution >= 0.6 is 11.5 Å². The smallest absolute Gasteiger partial charge is 0.416 e. The SMILES string of the molecule is CCOC(=O)C1C(C)=Nc2snc(CCN3CCN(c4ccc(C(F)(F)F)cc4)CC3)c2C1c1cccc([N+](=O)[O-])c1. The number of hydrogen-bond acceptors (Lipinski definition) is 9. The molecule has 0 radical (unpaired) electrons. The maximum Gasteiger partial charge on any atom is 0.416 e. The van der Waals surface area contributed by atoms with Crippen molar-refractivity contribution in [3.05, 3.63) is 81.0 Å². The van der Waals surface area contributed by atoms with Crippen molar-refractivity contribution in [3.8, 4) is 0 Å². The van der Waals surface area contributed by atoms with Gasteiger partial charge in [-0.05, 0) is 55.2 Å². The van der Waals surface area contributed by atoms with E-state index >= 15 is 0 Å². The van der Waals surface area contributed by atoms with Gasteiger partial charge in [0.15, 0.2) is 0 Å². The molecule has 0 N–H and O–H groups in total. The Balaban J connectivity index is 1.33. The minimum absolute atomic E-state index is 0.0625. The van der Waals surface area contributed by atoms with E-state index in [2.05, 4.69) is 9.80 Å². The van der Waals surface area contributed by atoms with Crippen molar-refractivity contribution in [2.24, 2.45) is 10.9 Å². The lowest BCUT2D eigenvalue weighted by atomic mass is 9.76. The van der Waals surface area contributed by atoms with Crippen LogP contribution in [0.3, 0.4) is 0 Å². The number of nitrogens with zero attached hydrogens (tertiary/aromatic N) is 5. The number of fused-ring (bicyclic) bond motifs is 1. The summed E-state index contributed by atoms with van der Waals surface area (Å²) in [6.45, 7) is 7.18. The van der Waals surface area contributed by atoms with Crippen LogP contribution in [0.2, 0.25) is 0 Å². The van der Waals surface area contributed by atoms with Crippen LogP contribution in [0.25, 0.3) is 0 Å². The summed E-state index contributed by atoms with van der Waals surface area (Å²) in [5, 5.41) is 12.2. The van der Waals surface area contributed by atoms with Crippen molar-refractivity contribution >= 4 is 39.6 Å². The van der Waals surface area contributed by atoms with E-state index in [1.807, 2.05) is 0 Å². The van der Waals surface area contributed by atoms with Gasteiger partial charge in [-0.1, -0.05) is 12.1 Å². The zero-order valence-electron chi connectivity index (χ0n) is 23.1. The van der Waals surface area contributed by atoms with Crippen LogP contribution < -0.4 is 4.90 Å². The number of aliphatic imine (C=N–C) groups is 1. The van der Waals surface area contributed by atoms with Crippen LogP contribution in [-0.4, -0.2) is 65.2 Å². The normalized spacial score (nSPS) is 19.3. The number of piperazine rings is 1. The number of rotatable bonds is 8. The highest BCUT2D eigenvalue weighted by atomic mass is 32.1. The standard InChI is InChI=1S/C29H30F3N5O4S/c1-3-41-28(38)24-18(2)33-27-26(25(24)19-5-4-6-22(17-19)37(39)40)23(34-42-27)11-12-35-13-15-36(16-14-35)21-9-7-20(8-10-21)29(30,31)32/h4-10,17,24-25H,3,11-16H2,1-2H3. The lowest BCUT2D eigenvalue weighted by Gasteiger charge is -2.36. The van der Waals surface area contributed by atoms with Crippen LogP contribution in [0.5, 0.6) is 0 Å². The van der Waals surface area contributed by atoms with Gasteiger partial charge in [-0.3, -0.25) is 19.8 Å². The van der Waals surface area contributed by atoms with Gasteiger partial charge < -0.3 is 9.64 Å². The average Bonchev–Trinajstić information content (AvgIpc) is 3.37. The van der Waals surface area contributed by atoms with Gasteiger partial charge in [0.05, 0.1) is 22.8 Å². The number of hydrogen-bond donors (Lipinski definition) is 0. The fourth-order valence-electron chi connectivity index (χ4n) is 5.62. The summed E-state index contributed by atoms with van der Waals surface area (Å²) in [7, 11) is 0. The zero-order chi connectivity index (χ0) is 30.0. The maximum absolute atomic E-state index is 13.2. The van der Waals surface area contributed by atoms with E-state index in [9.17, 15) is 28.1 Å². The average molecular weight is 602 g/mol. The molecule has 2 unspecified atom stereocenters. The number of halogens is 3. The van der Waals surface area contributed by atoms with E-state index in [0.717, 1.165) is 42.2 Å². The lowest BCUT2D eigenvalue weighted by Crippen LogP contribution is -2.47. The largest absolute Gasteiger partial charge is 0.465 e. The molecule has 1 fully saturated rings. The van der Waals surface area contributed by atoms with Crippen LogP contribution in [0, 0.1) is 16.0 Å². The third-order valence-electron chi connectivity index (χ3n) is 7.73. The van der Waals surface area contributed by atoms with E-state index in [1.165, 1.54) is 35.8 Å². The molecule has 1 aromatic heterocycles. The van der Waals surface area contributed by atoms with E-state index in [4.69, 9.17) is 14.1 Å². The maximum atomic E-state index is 13.2. The first-order valence-electron chi connectivity index (χ1n) is 13.7. The van der Waals surface area contributed by atoms with Crippen molar-refractivity contribution in [2.45, 2.75) is 32.4 Å². The first-order chi connectivity index (χ1) is 20.1. The first-order valence-corrected chi connectivity index (χ1v) is 14.4. The van der Waals surface area contributed by atoms with E-state index in [0.29, 0.717) is 42.3 Å². The Bertz CT molecular complexity index is 1480. The summed E-state index contributed by atoms with van der Waals surface area (Å²) in [6, 6.07) is 11.6. The molecule has 1 saturated heterocycles.